The highest BCUT2D eigenvalue weighted by molar-refractivity contribution is 6.30. The molecule has 1 amide bonds. The van der Waals surface area contributed by atoms with Crippen LogP contribution in [0.3, 0.4) is 0 Å². The van der Waals surface area contributed by atoms with E-state index >= 15 is 0 Å². The molecule has 5 nitrogen and oxygen atoms in total. The second-order valence-electron chi connectivity index (χ2n) is 5.19. The van der Waals surface area contributed by atoms with Crippen LogP contribution < -0.4 is 14.9 Å². The van der Waals surface area contributed by atoms with Crippen molar-refractivity contribution in [2.24, 2.45) is 5.10 Å². The maximum Gasteiger partial charge on any atom is 0.271 e. The standard InChI is InChI=1S/C19H21ClN2O3/c1-3-11-25-17-8-5-14(6-9-17)19(23)22-21-13-15-12-16(20)7-10-18(15)24-4-2/h5-10,12-13H,3-4,11H2,1-2H3,(H,22,23)/b21-13-. The molecule has 0 radical (unpaired) electrons. The van der Waals surface area contributed by atoms with Crippen LogP contribution in [0, 0.1) is 0 Å². The largest absolute Gasteiger partial charge is 0.494 e. The van der Waals surface area contributed by atoms with Crippen molar-refractivity contribution in [1.29, 1.82) is 0 Å². The van der Waals surface area contributed by atoms with Crippen LogP contribution in [0.1, 0.15) is 36.2 Å². The van der Waals surface area contributed by atoms with E-state index in [1.807, 2.05) is 13.8 Å². The van der Waals surface area contributed by atoms with Gasteiger partial charge in [0.1, 0.15) is 11.5 Å². The summed E-state index contributed by atoms with van der Waals surface area (Å²) in [5.74, 6) is 1.09. The van der Waals surface area contributed by atoms with Gasteiger partial charge < -0.3 is 9.47 Å². The number of halogens is 1. The maximum absolute atomic E-state index is 12.1. The van der Waals surface area contributed by atoms with E-state index in [0.717, 1.165) is 12.2 Å². The molecule has 0 aliphatic rings. The number of carbonyl (C=O) groups excluding carboxylic acids is 1. The summed E-state index contributed by atoms with van der Waals surface area (Å²) >= 11 is 5.99. The molecule has 0 spiro atoms. The van der Waals surface area contributed by atoms with Crippen LogP contribution in [0.25, 0.3) is 0 Å². The van der Waals surface area contributed by atoms with Crippen molar-refractivity contribution in [3.63, 3.8) is 0 Å². The number of hydrogen-bond donors (Lipinski definition) is 1. The highest BCUT2D eigenvalue weighted by atomic mass is 35.5. The van der Waals surface area contributed by atoms with Crippen molar-refractivity contribution >= 4 is 23.7 Å². The zero-order chi connectivity index (χ0) is 18.1. The Bertz CT molecular complexity index is 730. The molecule has 1 N–H and O–H groups in total. The molecule has 6 heteroatoms. The van der Waals surface area contributed by atoms with E-state index in [-0.39, 0.29) is 5.91 Å². The average Bonchev–Trinajstić information content (AvgIpc) is 2.62. The summed E-state index contributed by atoms with van der Waals surface area (Å²) in [6.45, 7) is 5.11. The van der Waals surface area contributed by atoms with Gasteiger partial charge in [-0.3, -0.25) is 4.79 Å². The Labute approximate surface area is 152 Å². The minimum atomic E-state index is -0.307. The van der Waals surface area contributed by atoms with Gasteiger partial charge in [0.05, 0.1) is 19.4 Å². The predicted octanol–water partition coefficient (Wildman–Crippen LogP) is 4.29. The van der Waals surface area contributed by atoms with Crippen LogP contribution >= 0.6 is 11.6 Å². The van der Waals surface area contributed by atoms with Crippen molar-refractivity contribution in [3.05, 3.63) is 58.6 Å². The van der Waals surface area contributed by atoms with Crippen LogP contribution in [0.15, 0.2) is 47.6 Å². The molecule has 2 aromatic carbocycles. The summed E-state index contributed by atoms with van der Waals surface area (Å²) in [6, 6.07) is 12.1. The van der Waals surface area contributed by atoms with Crippen LogP contribution in [0.5, 0.6) is 11.5 Å². The Hall–Kier alpha value is -2.53. The number of benzene rings is 2. The molecule has 2 aromatic rings. The van der Waals surface area contributed by atoms with Crippen molar-refractivity contribution in [3.8, 4) is 11.5 Å². The van der Waals surface area contributed by atoms with Crippen molar-refractivity contribution < 1.29 is 14.3 Å². The van der Waals surface area contributed by atoms with Crippen molar-refractivity contribution in [1.82, 2.24) is 5.43 Å². The fraction of sp³-hybridized carbons (Fsp3) is 0.263. The smallest absolute Gasteiger partial charge is 0.271 e. The Balaban J connectivity index is 1.99. The van der Waals surface area contributed by atoms with Crippen LogP contribution in [-0.4, -0.2) is 25.3 Å². The van der Waals surface area contributed by atoms with Gasteiger partial charge in [-0.1, -0.05) is 18.5 Å². The van der Waals surface area contributed by atoms with E-state index in [1.54, 1.807) is 42.5 Å². The molecule has 0 saturated carbocycles. The number of amides is 1. The minimum Gasteiger partial charge on any atom is -0.494 e. The summed E-state index contributed by atoms with van der Waals surface area (Å²) in [5, 5.41) is 4.55. The van der Waals surface area contributed by atoms with Gasteiger partial charge in [0.2, 0.25) is 0 Å². The molecule has 0 saturated heterocycles. The third-order valence-electron chi connectivity index (χ3n) is 3.23. The minimum absolute atomic E-state index is 0.307. The molecule has 0 aromatic heterocycles. The highest BCUT2D eigenvalue weighted by Crippen LogP contribution is 2.21. The Morgan fingerprint density at radius 1 is 1.16 bits per heavy atom. The highest BCUT2D eigenvalue weighted by Gasteiger charge is 2.05. The Morgan fingerprint density at radius 3 is 2.60 bits per heavy atom. The lowest BCUT2D eigenvalue weighted by Crippen LogP contribution is -2.17. The van der Waals surface area contributed by atoms with Crippen molar-refractivity contribution in [2.75, 3.05) is 13.2 Å². The average molecular weight is 361 g/mol. The van der Waals surface area contributed by atoms with Crippen LogP contribution in [0.2, 0.25) is 5.02 Å². The zero-order valence-electron chi connectivity index (χ0n) is 14.3. The maximum atomic E-state index is 12.1. The van der Waals surface area contributed by atoms with Gasteiger partial charge >= 0.3 is 0 Å². The monoisotopic (exact) mass is 360 g/mol. The number of hydrazone groups is 1. The molecule has 132 valence electrons. The molecule has 0 aliphatic heterocycles. The summed E-state index contributed by atoms with van der Waals surface area (Å²) < 4.78 is 11.0. The first-order valence-electron chi connectivity index (χ1n) is 8.12. The van der Waals surface area contributed by atoms with E-state index in [1.165, 1.54) is 6.21 Å². The summed E-state index contributed by atoms with van der Waals surface area (Å²) in [7, 11) is 0. The number of ether oxygens (including phenoxy) is 2. The fourth-order valence-corrected chi connectivity index (χ4v) is 2.24. The molecular formula is C19H21ClN2O3. The van der Waals surface area contributed by atoms with Gasteiger partial charge in [-0.15, -0.1) is 0 Å². The van der Waals surface area contributed by atoms with Crippen LogP contribution in [0.4, 0.5) is 0 Å². The molecule has 0 aliphatic carbocycles. The van der Waals surface area contributed by atoms with E-state index in [9.17, 15) is 4.79 Å². The normalized spacial score (nSPS) is 10.7. The first-order chi connectivity index (χ1) is 12.1. The van der Waals surface area contributed by atoms with E-state index in [2.05, 4.69) is 10.5 Å². The van der Waals surface area contributed by atoms with E-state index < -0.39 is 0 Å². The fourth-order valence-electron chi connectivity index (χ4n) is 2.05. The summed E-state index contributed by atoms with van der Waals surface area (Å²) in [5.41, 5.74) is 3.68. The zero-order valence-corrected chi connectivity index (χ0v) is 15.0. The number of carbonyl (C=O) groups is 1. The van der Waals surface area contributed by atoms with Gasteiger partial charge in [-0.2, -0.15) is 5.10 Å². The SMILES string of the molecule is CCCOc1ccc(C(=O)N/N=C\c2cc(Cl)ccc2OCC)cc1. The lowest BCUT2D eigenvalue weighted by molar-refractivity contribution is 0.0955. The molecule has 0 heterocycles. The Morgan fingerprint density at radius 2 is 1.92 bits per heavy atom. The van der Waals surface area contributed by atoms with Crippen molar-refractivity contribution in [2.45, 2.75) is 20.3 Å². The van der Waals surface area contributed by atoms with Gasteiger partial charge in [0.15, 0.2) is 0 Å². The van der Waals surface area contributed by atoms with E-state index in [4.69, 9.17) is 21.1 Å². The van der Waals surface area contributed by atoms with E-state index in [0.29, 0.717) is 35.1 Å². The topological polar surface area (TPSA) is 59.9 Å². The molecule has 0 bridgehead atoms. The number of hydrogen-bond acceptors (Lipinski definition) is 4. The number of nitrogens with one attached hydrogen (secondary N) is 1. The Kier molecular flexibility index (Phi) is 7.29. The lowest BCUT2D eigenvalue weighted by atomic mass is 10.2. The third-order valence-corrected chi connectivity index (χ3v) is 3.47. The third kappa shape index (κ3) is 5.80. The van der Waals surface area contributed by atoms with Gasteiger partial charge in [0.25, 0.3) is 5.91 Å². The van der Waals surface area contributed by atoms with Gasteiger partial charge in [-0.25, -0.2) is 5.43 Å². The predicted molar refractivity (Wildman–Crippen MR) is 99.9 cm³/mol. The van der Waals surface area contributed by atoms with Gasteiger partial charge in [0, 0.05) is 16.1 Å². The molecule has 0 atom stereocenters. The number of rotatable bonds is 8. The lowest BCUT2D eigenvalue weighted by Gasteiger charge is -2.07. The van der Waals surface area contributed by atoms with Crippen LogP contribution in [-0.2, 0) is 0 Å². The molecule has 0 unspecified atom stereocenters. The second kappa shape index (κ2) is 9.69. The quantitative estimate of drug-likeness (QED) is 0.564. The molecular weight excluding hydrogens is 340 g/mol. The first kappa shape index (κ1) is 18.8. The first-order valence-corrected chi connectivity index (χ1v) is 8.50. The molecule has 0 fully saturated rings. The summed E-state index contributed by atoms with van der Waals surface area (Å²) in [4.78, 5) is 12.1. The second-order valence-corrected chi connectivity index (χ2v) is 5.62. The number of nitrogens with zero attached hydrogens (tertiary/aromatic N) is 1. The van der Waals surface area contributed by atoms with Gasteiger partial charge in [-0.05, 0) is 55.8 Å². The molecule has 2 rings (SSSR count). The summed E-state index contributed by atoms with van der Waals surface area (Å²) in [6.07, 6.45) is 2.44. The molecule has 25 heavy (non-hydrogen) atoms.